The average Bonchev–Trinajstić information content (AvgIpc) is 3.37. The number of benzene rings is 1. The quantitative estimate of drug-likeness (QED) is 0.200. The number of ether oxygens (including phenoxy) is 1. The molecule has 51 heavy (non-hydrogen) atoms. The van der Waals surface area contributed by atoms with Crippen molar-refractivity contribution in [1.29, 1.82) is 0 Å². The topological polar surface area (TPSA) is 183 Å². The summed E-state index contributed by atoms with van der Waals surface area (Å²) in [5.41, 5.74) is -0.653. The van der Waals surface area contributed by atoms with Crippen LogP contribution in [0.25, 0.3) is 0 Å². The Labute approximate surface area is 302 Å². The number of ketones is 1. The van der Waals surface area contributed by atoms with Gasteiger partial charge in [0, 0.05) is 20.6 Å². The molecule has 1 aromatic rings. The number of amides is 6. The van der Waals surface area contributed by atoms with Crippen molar-refractivity contribution in [3.8, 4) is 0 Å². The van der Waals surface area contributed by atoms with Gasteiger partial charge in [0.15, 0.2) is 0 Å². The van der Waals surface area contributed by atoms with E-state index in [9.17, 15) is 33.6 Å². The van der Waals surface area contributed by atoms with E-state index in [0.29, 0.717) is 5.56 Å². The first-order valence-corrected chi connectivity index (χ1v) is 17.5. The predicted octanol–water partition coefficient (Wildman–Crippen LogP) is 2.57. The molecule has 1 aliphatic heterocycles. The highest BCUT2D eigenvalue weighted by Crippen LogP contribution is 2.36. The first-order chi connectivity index (χ1) is 23.5. The molecule has 14 heteroatoms. The molecule has 1 fully saturated rings. The third kappa shape index (κ3) is 13.0. The Hall–Kier alpha value is -4.49. The molecule has 6 amide bonds. The Bertz CT molecular complexity index is 1420. The number of nitrogens with one attached hydrogen (secondary N) is 4. The zero-order valence-corrected chi connectivity index (χ0v) is 32.0. The van der Waals surface area contributed by atoms with Gasteiger partial charge in [-0.2, -0.15) is 0 Å². The Balaban J connectivity index is 2.20. The van der Waals surface area contributed by atoms with Crippen LogP contribution in [-0.4, -0.2) is 103 Å². The number of likely N-dealkylation sites (N-methyl/N-ethyl adjacent to an activating group) is 1. The maximum Gasteiger partial charge on any atom is 0.407 e. The molecule has 0 bridgehead atoms. The molecule has 4 atom stereocenters. The second kappa shape index (κ2) is 18.1. The van der Waals surface area contributed by atoms with Crippen LogP contribution in [0.2, 0.25) is 0 Å². The molecule has 1 saturated heterocycles. The monoisotopic (exact) mass is 714 g/mol. The number of rotatable bonds is 15. The summed E-state index contributed by atoms with van der Waals surface area (Å²) in [5.74, 6) is -4.19. The second-order valence-electron chi connectivity index (χ2n) is 16.2. The van der Waals surface area contributed by atoms with E-state index in [-0.39, 0.29) is 43.7 Å². The lowest BCUT2D eigenvalue weighted by molar-refractivity contribution is -0.144. The second-order valence-corrected chi connectivity index (χ2v) is 16.2. The number of likely N-dealkylation sites (tertiary alicyclic amines) is 1. The number of hydrogen-bond donors (Lipinski definition) is 4. The molecule has 14 nitrogen and oxygen atoms in total. The van der Waals surface area contributed by atoms with Crippen molar-refractivity contribution in [2.75, 3.05) is 33.8 Å². The van der Waals surface area contributed by atoms with E-state index in [1.807, 2.05) is 41.5 Å². The number of hydrogen-bond acceptors (Lipinski definition) is 8. The van der Waals surface area contributed by atoms with Gasteiger partial charge in [0.1, 0.15) is 18.1 Å². The van der Waals surface area contributed by atoms with Gasteiger partial charge in [-0.3, -0.25) is 28.8 Å². The molecule has 2 unspecified atom stereocenters. The van der Waals surface area contributed by atoms with Gasteiger partial charge in [0.2, 0.25) is 29.4 Å². The summed E-state index contributed by atoms with van der Waals surface area (Å²) in [6.45, 7) is 16.5. The highest BCUT2D eigenvalue weighted by atomic mass is 16.5. The van der Waals surface area contributed by atoms with Crippen LogP contribution in [0, 0.1) is 22.7 Å². The lowest BCUT2D eigenvalue weighted by Crippen LogP contribution is -2.59. The zero-order valence-electron chi connectivity index (χ0n) is 32.0. The Morgan fingerprint density at radius 1 is 0.922 bits per heavy atom. The molecule has 284 valence electrons. The van der Waals surface area contributed by atoms with Crippen LogP contribution in [0.5, 0.6) is 0 Å². The Kier molecular flexibility index (Phi) is 15.2. The maximum absolute atomic E-state index is 14.1. The standard InChI is InChI=1S/C37H58N6O8/c1-22(2)17-25(29(45)32(47)38-19-27(44)40-28(33(48)42(10)11)24-15-13-12-14-16-24)39-31(46)26-18-37(8,9)21-43(26)34(49)30(36(5,6)7)41-35(50)51-20-23(3)4/h12-16,22-23,25-26,28,30H,17-21H2,1-11H3,(H,38,47)(H,39,46)(H,40,44)(H,41,50)/t25?,26-,28?,30+/m0/s1. The highest BCUT2D eigenvalue weighted by Gasteiger charge is 2.48. The van der Waals surface area contributed by atoms with Gasteiger partial charge in [0.05, 0.1) is 19.2 Å². The van der Waals surface area contributed by atoms with Crippen molar-refractivity contribution in [2.24, 2.45) is 22.7 Å². The number of carbonyl (C=O) groups excluding carboxylic acids is 7. The van der Waals surface area contributed by atoms with Gasteiger partial charge < -0.3 is 35.8 Å². The van der Waals surface area contributed by atoms with Crippen LogP contribution in [-0.2, 0) is 33.5 Å². The smallest absolute Gasteiger partial charge is 0.407 e. The first-order valence-electron chi connectivity index (χ1n) is 17.5. The van der Waals surface area contributed by atoms with Crippen LogP contribution in [0.4, 0.5) is 4.79 Å². The molecule has 1 heterocycles. The number of alkyl carbamates (subject to hydrolysis) is 1. The fraction of sp³-hybridized carbons (Fsp3) is 0.649. The summed E-state index contributed by atoms with van der Waals surface area (Å²) in [5, 5.41) is 10.3. The normalized spacial score (nSPS) is 17.2. The summed E-state index contributed by atoms with van der Waals surface area (Å²) in [6.07, 6.45) is -0.337. The minimum atomic E-state index is -1.24. The van der Waals surface area contributed by atoms with Crippen molar-refractivity contribution in [3.63, 3.8) is 0 Å². The zero-order chi connectivity index (χ0) is 38.8. The highest BCUT2D eigenvalue weighted by molar-refractivity contribution is 6.38. The molecule has 2 rings (SSSR count). The van der Waals surface area contributed by atoms with Crippen LogP contribution in [0.3, 0.4) is 0 Å². The molecule has 0 saturated carbocycles. The van der Waals surface area contributed by atoms with Gasteiger partial charge in [-0.05, 0) is 41.1 Å². The molecular weight excluding hydrogens is 656 g/mol. The van der Waals surface area contributed by atoms with Crippen molar-refractivity contribution in [2.45, 2.75) is 99.3 Å². The van der Waals surface area contributed by atoms with E-state index in [1.54, 1.807) is 65.2 Å². The van der Waals surface area contributed by atoms with E-state index >= 15 is 0 Å². The predicted molar refractivity (Wildman–Crippen MR) is 192 cm³/mol. The molecule has 0 radical (unpaired) electrons. The molecule has 1 aromatic carbocycles. The lowest BCUT2D eigenvalue weighted by atomic mass is 9.85. The SMILES string of the molecule is CC(C)COC(=O)N[C@H](C(=O)N1CC(C)(C)C[C@H]1C(=O)NC(CC(C)C)C(=O)C(=O)NCC(=O)NC(C(=O)N(C)C)c1ccccc1)C(C)(C)C. The van der Waals surface area contributed by atoms with E-state index in [2.05, 4.69) is 21.3 Å². The van der Waals surface area contributed by atoms with Crippen molar-refractivity contribution >= 4 is 41.4 Å². The van der Waals surface area contributed by atoms with Crippen LogP contribution < -0.4 is 21.3 Å². The lowest BCUT2D eigenvalue weighted by Gasteiger charge is -2.35. The van der Waals surface area contributed by atoms with E-state index in [1.165, 1.54) is 9.80 Å². The number of Topliss-reactive ketones (excluding diaryl/α,β-unsaturated/α-hetero) is 1. The summed E-state index contributed by atoms with van der Waals surface area (Å²) in [7, 11) is 3.11. The Morgan fingerprint density at radius 2 is 1.53 bits per heavy atom. The van der Waals surface area contributed by atoms with E-state index < -0.39 is 77.0 Å². The largest absolute Gasteiger partial charge is 0.449 e. The molecule has 0 spiro atoms. The summed E-state index contributed by atoms with van der Waals surface area (Å²) < 4.78 is 5.27. The van der Waals surface area contributed by atoms with E-state index in [0.717, 1.165) is 0 Å². The van der Waals surface area contributed by atoms with Crippen LogP contribution in [0.1, 0.15) is 86.8 Å². The van der Waals surface area contributed by atoms with Gasteiger partial charge in [-0.1, -0.05) is 92.6 Å². The van der Waals surface area contributed by atoms with Crippen LogP contribution in [0.15, 0.2) is 30.3 Å². The van der Waals surface area contributed by atoms with Gasteiger partial charge in [-0.15, -0.1) is 0 Å². The minimum absolute atomic E-state index is 0.0958. The van der Waals surface area contributed by atoms with Crippen LogP contribution >= 0.6 is 0 Å². The number of carbonyl (C=O) groups is 7. The fourth-order valence-corrected chi connectivity index (χ4v) is 5.73. The molecule has 4 N–H and O–H groups in total. The maximum atomic E-state index is 14.1. The van der Waals surface area contributed by atoms with Gasteiger partial charge >= 0.3 is 6.09 Å². The Morgan fingerprint density at radius 3 is 2.06 bits per heavy atom. The molecule has 0 aromatic heterocycles. The summed E-state index contributed by atoms with van der Waals surface area (Å²) >= 11 is 0. The van der Waals surface area contributed by atoms with Crippen molar-refractivity contribution < 1.29 is 38.3 Å². The molecule has 1 aliphatic rings. The fourth-order valence-electron chi connectivity index (χ4n) is 5.73. The minimum Gasteiger partial charge on any atom is -0.449 e. The summed E-state index contributed by atoms with van der Waals surface area (Å²) in [4.78, 5) is 95.5. The summed E-state index contributed by atoms with van der Waals surface area (Å²) in [6, 6.07) is 4.38. The van der Waals surface area contributed by atoms with Gasteiger partial charge in [0.25, 0.3) is 5.91 Å². The van der Waals surface area contributed by atoms with Gasteiger partial charge in [-0.25, -0.2) is 4.79 Å². The average molecular weight is 715 g/mol. The molecule has 0 aliphatic carbocycles. The molecular formula is C37H58N6O8. The third-order valence-electron chi connectivity index (χ3n) is 8.33. The van der Waals surface area contributed by atoms with Crippen molar-refractivity contribution in [3.05, 3.63) is 35.9 Å². The first kappa shape index (κ1) is 42.7. The van der Waals surface area contributed by atoms with E-state index in [4.69, 9.17) is 4.74 Å². The third-order valence-corrected chi connectivity index (χ3v) is 8.33. The van der Waals surface area contributed by atoms with Crippen molar-refractivity contribution in [1.82, 2.24) is 31.1 Å². The number of nitrogens with zero attached hydrogens (tertiary/aromatic N) is 2.